The lowest BCUT2D eigenvalue weighted by Crippen LogP contribution is -2.33. The zero-order valence-corrected chi connectivity index (χ0v) is 19.7. The summed E-state index contributed by atoms with van der Waals surface area (Å²) in [5, 5.41) is 13.0. The van der Waals surface area contributed by atoms with Gasteiger partial charge in [0.15, 0.2) is 0 Å². The van der Waals surface area contributed by atoms with Crippen molar-refractivity contribution in [3.05, 3.63) is 102 Å². The predicted octanol–water partition coefficient (Wildman–Crippen LogP) is 5.87. The van der Waals surface area contributed by atoms with E-state index in [2.05, 4.69) is 0 Å². The van der Waals surface area contributed by atoms with Gasteiger partial charge in [0.25, 0.3) is 0 Å². The van der Waals surface area contributed by atoms with Gasteiger partial charge >= 0.3 is 5.97 Å². The highest BCUT2D eigenvalue weighted by Crippen LogP contribution is 2.34. The SMILES string of the molecule is COC(=O)c1cc(-c2ccccc2)c2cc(OCc3cccc(C4(O)CCOCC4)c3)ccc2c1. The van der Waals surface area contributed by atoms with Crippen LogP contribution in [0.2, 0.25) is 0 Å². The van der Waals surface area contributed by atoms with Crippen molar-refractivity contribution < 1.29 is 24.1 Å². The Balaban J connectivity index is 1.44. The van der Waals surface area contributed by atoms with Gasteiger partial charge in [-0.1, -0.05) is 54.6 Å². The molecule has 178 valence electrons. The summed E-state index contributed by atoms with van der Waals surface area (Å²) in [6.45, 7) is 1.51. The van der Waals surface area contributed by atoms with Crippen LogP contribution in [0.4, 0.5) is 0 Å². The van der Waals surface area contributed by atoms with Gasteiger partial charge in [-0.25, -0.2) is 4.79 Å². The Morgan fingerprint density at radius 1 is 0.943 bits per heavy atom. The van der Waals surface area contributed by atoms with E-state index in [4.69, 9.17) is 14.2 Å². The van der Waals surface area contributed by atoms with Gasteiger partial charge in [0.2, 0.25) is 0 Å². The molecule has 0 bridgehead atoms. The summed E-state index contributed by atoms with van der Waals surface area (Å²) in [5.41, 5.74) is 3.51. The molecule has 1 N–H and O–H groups in total. The van der Waals surface area contributed by atoms with Gasteiger partial charge in [-0.15, -0.1) is 0 Å². The molecular weight excluding hydrogens is 440 g/mol. The normalized spacial score (nSPS) is 15.0. The number of methoxy groups -OCH3 is 1. The van der Waals surface area contributed by atoms with Gasteiger partial charge in [0.05, 0.1) is 18.3 Å². The van der Waals surface area contributed by atoms with Crippen molar-refractivity contribution in [2.45, 2.75) is 25.0 Å². The predicted molar refractivity (Wildman–Crippen MR) is 135 cm³/mol. The fraction of sp³-hybridized carbons (Fsp3) is 0.233. The number of carbonyl (C=O) groups is 1. The largest absolute Gasteiger partial charge is 0.489 e. The number of ether oxygens (including phenoxy) is 3. The summed E-state index contributed by atoms with van der Waals surface area (Å²) in [6, 6.07) is 27.5. The van der Waals surface area contributed by atoms with Gasteiger partial charge in [-0.2, -0.15) is 0 Å². The summed E-state index contributed by atoms with van der Waals surface area (Å²) in [6.07, 6.45) is 1.19. The van der Waals surface area contributed by atoms with Crippen molar-refractivity contribution in [1.29, 1.82) is 0 Å². The highest BCUT2D eigenvalue weighted by Gasteiger charge is 2.31. The second-order valence-corrected chi connectivity index (χ2v) is 8.90. The van der Waals surface area contributed by atoms with Crippen LogP contribution < -0.4 is 4.74 Å². The molecule has 5 nitrogen and oxygen atoms in total. The van der Waals surface area contributed by atoms with Crippen LogP contribution in [-0.4, -0.2) is 31.4 Å². The molecule has 1 aliphatic rings. The molecule has 0 amide bonds. The van der Waals surface area contributed by atoms with E-state index >= 15 is 0 Å². The maximum atomic E-state index is 12.3. The Hall–Kier alpha value is -3.67. The summed E-state index contributed by atoms with van der Waals surface area (Å²) < 4.78 is 16.5. The molecule has 0 unspecified atom stereocenters. The highest BCUT2D eigenvalue weighted by atomic mass is 16.5. The van der Waals surface area contributed by atoms with Crippen molar-refractivity contribution in [1.82, 2.24) is 0 Å². The molecule has 1 aliphatic heterocycles. The van der Waals surface area contributed by atoms with Crippen LogP contribution in [0, 0.1) is 0 Å². The Morgan fingerprint density at radius 2 is 1.74 bits per heavy atom. The second kappa shape index (κ2) is 9.90. The molecule has 0 radical (unpaired) electrons. The summed E-state index contributed by atoms with van der Waals surface area (Å²) in [5.74, 6) is 0.367. The second-order valence-electron chi connectivity index (χ2n) is 8.90. The molecular formula is C30H28O5. The Labute approximate surface area is 204 Å². The zero-order valence-electron chi connectivity index (χ0n) is 19.7. The van der Waals surface area contributed by atoms with Crippen LogP contribution in [0.25, 0.3) is 21.9 Å². The smallest absolute Gasteiger partial charge is 0.337 e. The molecule has 35 heavy (non-hydrogen) atoms. The Bertz CT molecular complexity index is 1340. The number of hydrogen-bond acceptors (Lipinski definition) is 5. The molecule has 0 aromatic heterocycles. The van der Waals surface area contributed by atoms with E-state index in [1.165, 1.54) is 7.11 Å². The number of rotatable bonds is 6. The summed E-state index contributed by atoms with van der Waals surface area (Å²) in [4.78, 5) is 12.3. The van der Waals surface area contributed by atoms with Crippen LogP contribution in [0.15, 0.2) is 84.9 Å². The van der Waals surface area contributed by atoms with E-state index in [-0.39, 0.29) is 5.97 Å². The third kappa shape index (κ3) is 4.92. The monoisotopic (exact) mass is 468 g/mol. The standard InChI is InChI=1S/C30H28O5/c1-33-29(31)24-17-23-10-11-26(19-28(23)27(18-24)22-7-3-2-4-8-22)35-20-21-6-5-9-25(16-21)30(32)12-14-34-15-13-30/h2-11,16-19,32H,12-15,20H2,1H3. The molecule has 4 aromatic rings. The molecule has 0 atom stereocenters. The number of aliphatic hydroxyl groups is 1. The van der Waals surface area contributed by atoms with Crippen LogP contribution in [0.1, 0.15) is 34.3 Å². The molecule has 0 aliphatic carbocycles. The Kier molecular flexibility index (Phi) is 6.53. The first-order valence-electron chi connectivity index (χ1n) is 11.8. The van der Waals surface area contributed by atoms with E-state index in [9.17, 15) is 9.90 Å². The minimum Gasteiger partial charge on any atom is -0.489 e. The van der Waals surface area contributed by atoms with E-state index < -0.39 is 5.60 Å². The number of benzene rings is 4. The van der Waals surface area contributed by atoms with Crippen LogP contribution in [0.3, 0.4) is 0 Å². The highest BCUT2D eigenvalue weighted by molar-refractivity contribution is 6.03. The third-order valence-corrected chi connectivity index (χ3v) is 6.62. The number of fused-ring (bicyclic) bond motifs is 1. The molecule has 0 saturated carbocycles. The van der Waals surface area contributed by atoms with E-state index in [0.29, 0.717) is 38.2 Å². The minimum atomic E-state index is -0.848. The number of carbonyl (C=O) groups excluding carboxylic acids is 1. The maximum Gasteiger partial charge on any atom is 0.337 e. The Morgan fingerprint density at radius 3 is 2.51 bits per heavy atom. The van der Waals surface area contributed by atoms with Gasteiger partial charge < -0.3 is 19.3 Å². The van der Waals surface area contributed by atoms with Crippen LogP contribution in [-0.2, 0) is 21.7 Å². The van der Waals surface area contributed by atoms with Gasteiger partial charge in [0, 0.05) is 26.1 Å². The first kappa shape index (κ1) is 23.1. The first-order valence-corrected chi connectivity index (χ1v) is 11.8. The molecule has 5 rings (SSSR count). The molecule has 5 heteroatoms. The fourth-order valence-corrected chi connectivity index (χ4v) is 4.63. The average molecular weight is 469 g/mol. The lowest BCUT2D eigenvalue weighted by Gasteiger charge is -2.32. The minimum absolute atomic E-state index is 0.365. The average Bonchev–Trinajstić information content (AvgIpc) is 2.92. The van der Waals surface area contributed by atoms with Crippen LogP contribution >= 0.6 is 0 Å². The van der Waals surface area contributed by atoms with Crippen molar-refractivity contribution >= 4 is 16.7 Å². The van der Waals surface area contributed by atoms with Crippen molar-refractivity contribution in [2.75, 3.05) is 20.3 Å². The van der Waals surface area contributed by atoms with Crippen molar-refractivity contribution in [2.24, 2.45) is 0 Å². The molecule has 1 fully saturated rings. The van der Waals surface area contributed by atoms with Gasteiger partial charge in [-0.05, 0) is 63.4 Å². The zero-order chi connectivity index (χ0) is 24.3. The topological polar surface area (TPSA) is 65.0 Å². The molecule has 1 heterocycles. The van der Waals surface area contributed by atoms with Crippen molar-refractivity contribution in [3.8, 4) is 16.9 Å². The van der Waals surface area contributed by atoms with Crippen LogP contribution in [0.5, 0.6) is 5.75 Å². The summed E-state index contributed by atoms with van der Waals surface area (Å²) >= 11 is 0. The lowest BCUT2D eigenvalue weighted by atomic mass is 9.86. The van der Waals surface area contributed by atoms with Gasteiger partial charge in [-0.3, -0.25) is 0 Å². The van der Waals surface area contributed by atoms with E-state index in [1.807, 2.05) is 84.9 Å². The quantitative estimate of drug-likeness (QED) is 0.359. The number of esters is 1. The fourth-order valence-electron chi connectivity index (χ4n) is 4.63. The molecule has 1 saturated heterocycles. The summed E-state index contributed by atoms with van der Waals surface area (Å²) in [7, 11) is 1.39. The van der Waals surface area contributed by atoms with Gasteiger partial charge in [0.1, 0.15) is 12.4 Å². The van der Waals surface area contributed by atoms with Crippen molar-refractivity contribution in [3.63, 3.8) is 0 Å². The first-order chi connectivity index (χ1) is 17.1. The molecule has 0 spiro atoms. The third-order valence-electron chi connectivity index (χ3n) is 6.62. The van der Waals surface area contributed by atoms with E-state index in [1.54, 1.807) is 0 Å². The lowest BCUT2D eigenvalue weighted by molar-refractivity contribution is -0.0679. The number of hydrogen-bond donors (Lipinski definition) is 1. The maximum absolute atomic E-state index is 12.3. The van der Waals surface area contributed by atoms with E-state index in [0.717, 1.165) is 38.8 Å². The molecule has 4 aromatic carbocycles.